The van der Waals surface area contributed by atoms with Crippen molar-refractivity contribution in [1.82, 2.24) is 10.2 Å². The zero-order chi connectivity index (χ0) is 20.8. The summed E-state index contributed by atoms with van der Waals surface area (Å²) in [6.45, 7) is 0. The largest absolute Gasteiger partial charge is 0.403 e. The van der Waals surface area contributed by atoms with Crippen molar-refractivity contribution in [1.29, 1.82) is 0 Å². The fourth-order valence-electron chi connectivity index (χ4n) is 2.57. The van der Waals surface area contributed by atoms with E-state index in [1.54, 1.807) is 41.7 Å². The number of carbonyl (C=O) groups excluding carboxylic acids is 2. The highest BCUT2D eigenvalue weighted by Crippen LogP contribution is 2.20. The molecule has 4 aromatic rings. The monoisotopic (exact) mass is 416 g/mol. The van der Waals surface area contributed by atoms with E-state index < -0.39 is 5.91 Å². The Labute approximate surface area is 176 Å². The highest BCUT2D eigenvalue weighted by Gasteiger charge is 2.12. The smallest absolute Gasteiger partial charge is 0.322 e. The van der Waals surface area contributed by atoms with Crippen molar-refractivity contribution >= 4 is 40.9 Å². The van der Waals surface area contributed by atoms with Crippen molar-refractivity contribution in [2.45, 2.75) is 0 Å². The second-order valence-electron chi connectivity index (χ2n) is 6.15. The van der Waals surface area contributed by atoms with E-state index in [4.69, 9.17) is 4.42 Å². The number of anilines is 2. The van der Waals surface area contributed by atoms with Gasteiger partial charge in [0.15, 0.2) is 0 Å². The van der Waals surface area contributed by atoms with Crippen LogP contribution in [0.3, 0.4) is 0 Å². The molecule has 0 aliphatic heterocycles. The summed E-state index contributed by atoms with van der Waals surface area (Å²) in [5.74, 6) is -0.326. The van der Waals surface area contributed by atoms with E-state index in [0.717, 1.165) is 10.4 Å². The van der Waals surface area contributed by atoms with Crippen LogP contribution in [0.2, 0.25) is 0 Å². The van der Waals surface area contributed by atoms with Gasteiger partial charge in [-0.3, -0.25) is 14.9 Å². The average molecular weight is 416 g/mol. The van der Waals surface area contributed by atoms with Crippen molar-refractivity contribution in [2.75, 3.05) is 10.6 Å². The number of carbonyl (C=O) groups is 2. The fourth-order valence-corrected chi connectivity index (χ4v) is 3.19. The van der Waals surface area contributed by atoms with E-state index in [-0.39, 0.29) is 11.9 Å². The molecule has 2 aromatic carbocycles. The molecule has 0 aliphatic rings. The first-order valence-electron chi connectivity index (χ1n) is 9.00. The number of nitrogens with one attached hydrogen (secondary N) is 2. The van der Waals surface area contributed by atoms with Gasteiger partial charge in [0.1, 0.15) is 0 Å². The molecule has 2 amide bonds. The zero-order valence-electron chi connectivity index (χ0n) is 15.6. The Morgan fingerprint density at radius 1 is 0.900 bits per heavy atom. The first kappa shape index (κ1) is 19.3. The van der Waals surface area contributed by atoms with E-state index in [2.05, 4.69) is 20.8 Å². The van der Waals surface area contributed by atoms with Gasteiger partial charge in [0.2, 0.25) is 11.8 Å². The second kappa shape index (κ2) is 8.97. The number of nitrogens with zero attached hydrogens (tertiary/aromatic N) is 2. The van der Waals surface area contributed by atoms with Crippen LogP contribution in [0.15, 0.2) is 82.6 Å². The number of rotatable bonds is 6. The molecule has 0 fully saturated rings. The number of hydrogen-bond acceptors (Lipinski definition) is 6. The fraction of sp³-hybridized carbons (Fsp3) is 0. The zero-order valence-corrected chi connectivity index (χ0v) is 16.4. The third kappa shape index (κ3) is 4.86. The molecule has 0 spiro atoms. The molecule has 0 radical (unpaired) electrons. The summed E-state index contributed by atoms with van der Waals surface area (Å²) in [6, 6.07) is 19.6. The molecule has 2 heterocycles. The van der Waals surface area contributed by atoms with Gasteiger partial charge >= 0.3 is 6.01 Å². The minimum absolute atomic E-state index is 0.00921. The maximum absolute atomic E-state index is 12.4. The standard InChI is InChI=1S/C22H16N4O3S/c27-19(13-12-18-7-4-14-30-18)23-17-10-8-15(9-11-17)20(28)24-22-26-25-21(29-22)16-5-2-1-3-6-16/h1-14H,(H,23,27)(H,24,26,28)/b13-12+. The number of aromatic nitrogens is 2. The van der Waals surface area contributed by atoms with Gasteiger partial charge in [-0.25, -0.2) is 0 Å². The SMILES string of the molecule is O=C(/C=C/c1cccs1)Nc1ccc(C(=O)Nc2nnc(-c3ccccc3)o2)cc1. The molecule has 0 bridgehead atoms. The number of thiophene rings is 1. The van der Waals surface area contributed by atoms with Crippen LogP contribution >= 0.6 is 11.3 Å². The van der Waals surface area contributed by atoms with Crippen LogP contribution in [0, 0.1) is 0 Å². The molecular formula is C22H16N4O3S. The van der Waals surface area contributed by atoms with Crippen LogP contribution in [0.4, 0.5) is 11.7 Å². The molecule has 0 aliphatic carbocycles. The number of hydrogen-bond donors (Lipinski definition) is 2. The van der Waals surface area contributed by atoms with Gasteiger partial charge in [0.25, 0.3) is 5.91 Å². The van der Waals surface area contributed by atoms with Crippen LogP contribution in [-0.2, 0) is 4.79 Å². The third-order valence-corrected chi connectivity index (χ3v) is 4.86. The minimum Gasteiger partial charge on any atom is -0.403 e. The van der Waals surface area contributed by atoms with Crippen molar-refractivity contribution < 1.29 is 14.0 Å². The number of amides is 2. The summed E-state index contributed by atoms with van der Waals surface area (Å²) in [6.07, 6.45) is 3.21. The van der Waals surface area contributed by atoms with Crippen LogP contribution < -0.4 is 10.6 Å². The van der Waals surface area contributed by atoms with E-state index in [0.29, 0.717) is 17.1 Å². The summed E-state index contributed by atoms with van der Waals surface area (Å²) in [7, 11) is 0. The maximum atomic E-state index is 12.4. The molecule has 2 N–H and O–H groups in total. The Hall–Kier alpha value is -4.04. The van der Waals surface area contributed by atoms with Gasteiger partial charge in [0, 0.05) is 27.8 Å². The first-order valence-corrected chi connectivity index (χ1v) is 9.88. The predicted octanol–water partition coefficient (Wildman–Crippen LogP) is 4.70. The lowest BCUT2D eigenvalue weighted by Gasteiger charge is -2.04. The van der Waals surface area contributed by atoms with Crippen molar-refractivity contribution in [3.05, 3.63) is 88.6 Å². The lowest BCUT2D eigenvalue weighted by Crippen LogP contribution is -2.12. The molecule has 4 rings (SSSR count). The average Bonchev–Trinajstić information content (AvgIpc) is 3.46. The van der Waals surface area contributed by atoms with Crippen LogP contribution in [0.1, 0.15) is 15.2 Å². The van der Waals surface area contributed by atoms with Gasteiger partial charge < -0.3 is 9.73 Å². The van der Waals surface area contributed by atoms with Crippen molar-refractivity contribution in [3.8, 4) is 11.5 Å². The van der Waals surface area contributed by atoms with E-state index in [1.807, 2.05) is 47.8 Å². The summed E-state index contributed by atoms with van der Waals surface area (Å²) >= 11 is 1.55. The molecule has 30 heavy (non-hydrogen) atoms. The molecule has 148 valence electrons. The van der Waals surface area contributed by atoms with Crippen molar-refractivity contribution in [3.63, 3.8) is 0 Å². The molecule has 0 unspecified atom stereocenters. The molecule has 2 aromatic heterocycles. The Bertz CT molecular complexity index is 1170. The molecule has 0 saturated heterocycles. The quantitative estimate of drug-likeness (QED) is 0.444. The second-order valence-corrected chi connectivity index (χ2v) is 7.13. The summed E-state index contributed by atoms with van der Waals surface area (Å²) < 4.78 is 5.48. The lowest BCUT2D eigenvalue weighted by atomic mass is 10.2. The normalized spacial score (nSPS) is 10.8. The maximum Gasteiger partial charge on any atom is 0.322 e. The Balaban J connectivity index is 1.35. The Kier molecular flexibility index (Phi) is 5.77. The van der Waals surface area contributed by atoms with Crippen LogP contribution in [-0.4, -0.2) is 22.0 Å². The van der Waals surface area contributed by atoms with E-state index >= 15 is 0 Å². The predicted molar refractivity (Wildman–Crippen MR) is 116 cm³/mol. The molecule has 0 atom stereocenters. The van der Waals surface area contributed by atoms with Gasteiger partial charge in [-0.15, -0.1) is 16.4 Å². The summed E-state index contributed by atoms with van der Waals surface area (Å²) in [5.41, 5.74) is 1.73. The Morgan fingerprint density at radius 3 is 2.43 bits per heavy atom. The molecule has 8 heteroatoms. The highest BCUT2D eigenvalue weighted by atomic mass is 32.1. The van der Waals surface area contributed by atoms with Gasteiger partial charge in [0.05, 0.1) is 0 Å². The Morgan fingerprint density at radius 2 is 1.70 bits per heavy atom. The molecular weight excluding hydrogens is 400 g/mol. The molecule has 7 nitrogen and oxygen atoms in total. The highest BCUT2D eigenvalue weighted by molar-refractivity contribution is 7.10. The van der Waals surface area contributed by atoms with E-state index in [1.165, 1.54) is 6.08 Å². The van der Waals surface area contributed by atoms with Crippen LogP contribution in [0.25, 0.3) is 17.5 Å². The first-order chi connectivity index (χ1) is 14.7. The van der Waals surface area contributed by atoms with Crippen LogP contribution in [0.5, 0.6) is 0 Å². The minimum atomic E-state index is -0.395. The lowest BCUT2D eigenvalue weighted by molar-refractivity contribution is -0.111. The van der Waals surface area contributed by atoms with Gasteiger partial charge in [-0.05, 0) is 53.9 Å². The van der Waals surface area contributed by atoms with Gasteiger partial charge in [-0.1, -0.05) is 29.4 Å². The summed E-state index contributed by atoms with van der Waals surface area (Å²) in [5, 5.41) is 15.0. The third-order valence-electron chi connectivity index (χ3n) is 4.02. The van der Waals surface area contributed by atoms with Gasteiger partial charge in [-0.2, -0.15) is 0 Å². The van der Waals surface area contributed by atoms with Crippen molar-refractivity contribution in [2.24, 2.45) is 0 Å². The summed E-state index contributed by atoms with van der Waals surface area (Å²) in [4.78, 5) is 25.4. The topological polar surface area (TPSA) is 97.1 Å². The molecule has 0 saturated carbocycles. The number of benzene rings is 2. The van der Waals surface area contributed by atoms with E-state index in [9.17, 15) is 9.59 Å².